The maximum absolute atomic E-state index is 8.91. The lowest BCUT2D eigenvalue weighted by molar-refractivity contribution is 0.668. The van der Waals surface area contributed by atoms with E-state index in [1.165, 1.54) is 42.0 Å². The Kier molecular flexibility index (Phi) is 7.76. The van der Waals surface area contributed by atoms with Crippen molar-refractivity contribution in [1.29, 1.82) is 5.41 Å². The van der Waals surface area contributed by atoms with Crippen LogP contribution in [0.15, 0.2) is 196 Å². The normalized spacial score (nSPS) is 12.3. The van der Waals surface area contributed by atoms with E-state index in [0.717, 1.165) is 44.3 Å². The molecule has 0 saturated heterocycles. The quantitative estimate of drug-likeness (QED) is 0.138. The molecule has 11 rings (SSSR count). The summed E-state index contributed by atoms with van der Waals surface area (Å²) in [4.78, 5) is 9.68. The first kappa shape index (κ1) is 33.0. The summed E-state index contributed by atoms with van der Waals surface area (Å²) >= 11 is 1.83. The van der Waals surface area contributed by atoms with Crippen LogP contribution in [-0.4, -0.2) is 22.5 Å². The van der Waals surface area contributed by atoms with Gasteiger partial charge >= 0.3 is 0 Å². The average molecular weight is 749 g/mol. The molecule has 11 aromatic rings. The molecule has 268 valence electrons. The van der Waals surface area contributed by atoms with E-state index in [-0.39, 0.29) is 5.84 Å². The number of amidine groups is 2. The predicted molar refractivity (Wildman–Crippen MR) is 240 cm³/mol. The van der Waals surface area contributed by atoms with Crippen LogP contribution in [0.1, 0.15) is 16.7 Å². The molecule has 3 heterocycles. The Morgan fingerprint density at radius 3 is 2.02 bits per heavy atom. The summed E-state index contributed by atoms with van der Waals surface area (Å²) in [5.74, 6) is 0.534. The number of benzene rings is 8. The van der Waals surface area contributed by atoms with Gasteiger partial charge in [-0.1, -0.05) is 140 Å². The maximum atomic E-state index is 8.91. The monoisotopic (exact) mass is 748 g/mol. The van der Waals surface area contributed by atoms with Crippen LogP contribution in [0.4, 0.5) is 0 Å². The average Bonchev–Trinajstić information content (AvgIpc) is 3.95. The standard InChI is InChI=1S/C51H32N4OS/c52-50(33-16-5-2-6-17-33)54-51(53-31-32-14-3-1-4-15-32)41-24-12-23-40-47-37(20-13-27-45(47)56-48(40)41)38-21-11-22-39-42-30-34(28-29-46(42)57-49(38)39)55-43-25-9-7-18-35(43)36-19-8-10-26-44(36)55/h1-31,52H. The summed E-state index contributed by atoms with van der Waals surface area (Å²) in [5, 5.41) is 15.9. The van der Waals surface area contributed by atoms with Crippen molar-refractivity contribution in [1.82, 2.24) is 4.57 Å². The van der Waals surface area contributed by atoms with Gasteiger partial charge in [-0.05, 0) is 53.6 Å². The topological polar surface area (TPSA) is 66.6 Å². The fourth-order valence-corrected chi connectivity index (χ4v) is 9.40. The molecule has 0 atom stereocenters. The van der Waals surface area contributed by atoms with Crippen LogP contribution in [0.3, 0.4) is 0 Å². The molecule has 8 aromatic carbocycles. The fourth-order valence-electron chi connectivity index (χ4n) is 8.19. The van der Waals surface area contributed by atoms with Gasteiger partial charge in [-0.15, -0.1) is 11.3 Å². The van der Waals surface area contributed by atoms with E-state index in [1.54, 1.807) is 6.21 Å². The first-order chi connectivity index (χ1) is 28.2. The van der Waals surface area contributed by atoms with Gasteiger partial charge in [-0.25, -0.2) is 9.98 Å². The third-order valence-corrected chi connectivity index (χ3v) is 12.0. The number of fused-ring (bicyclic) bond motifs is 9. The number of hydrogen-bond donors (Lipinski definition) is 1. The number of rotatable bonds is 5. The van der Waals surface area contributed by atoms with Gasteiger partial charge in [-0.3, -0.25) is 5.41 Å². The zero-order valence-electron chi connectivity index (χ0n) is 30.6. The number of aromatic nitrogens is 1. The van der Waals surface area contributed by atoms with E-state index in [2.05, 4.69) is 108 Å². The molecule has 1 N–H and O–H groups in total. The molecule has 0 bridgehead atoms. The predicted octanol–water partition coefficient (Wildman–Crippen LogP) is 13.6. The minimum absolute atomic E-state index is 0.127. The second-order valence-corrected chi connectivity index (χ2v) is 15.2. The van der Waals surface area contributed by atoms with E-state index < -0.39 is 0 Å². The number of nitrogens with zero attached hydrogens (tertiary/aromatic N) is 3. The van der Waals surface area contributed by atoms with E-state index in [1.807, 2.05) is 90.2 Å². The van der Waals surface area contributed by atoms with Crippen molar-refractivity contribution in [3.05, 3.63) is 199 Å². The molecule has 57 heavy (non-hydrogen) atoms. The lowest BCUT2D eigenvalue weighted by Gasteiger charge is -2.08. The molecule has 0 spiro atoms. The van der Waals surface area contributed by atoms with E-state index in [4.69, 9.17) is 19.8 Å². The van der Waals surface area contributed by atoms with Gasteiger partial charge < -0.3 is 8.98 Å². The van der Waals surface area contributed by atoms with Crippen molar-refractivity contribution in [3.63, 3.8) is 0 Å². The molecule has 0 fully saturated rings. The van der Waals surface area contributed by atoms with Crippen LogP contribution in [0.2, 0.25) is 0 Å². The van der Waals surface area contributed by atoms with Gasteiger partial charge in [0.05, 0.1) is 16.6 Å². The molecule has 5 nitrogen and oxygen atoms in total. The van der Waals surface area contributed by atoms with Crippen molar-refractivity contribution in [2.24, 2.45) is 9.98 Å². The zero-order chi connectivity index (χ0) is 37.9. The number of para-hydroxylation sites is 3. The third kappa shape index (κ3) is 5.49. The molecule has 0 amide bonds. The summed E-state index contributed by atoms with van der Waals surface area (Å²) < 4.78 is 11.6. The Morgan fingerprint density at radius 2 is 1.23 bits per heavy atom. The molecule has 0 aliphatic heterocycles. The van der Waals surface area contributed by atoms with Gasteiger partial charge in [0.15, 0.2) is 11.7 Å². The molecule has 0 radical (unpaired) electrons. The highest BCUT2D eigenvalue weighted by atomic mass is 32.1. The second kappa shape index (κ2) is 13.4. The first-order valence-corrected chi connectivity index (χ1v) is 19.7. The highest BCUT2D eigenvalue weighted by Crippen LogP contribution is 2.45. The number of nitrogens with one attached hydrogen (secondary N) is 1. The summed E-state index contributed by atoms with van der Waals surface area (Å²) in [5.41, 5.74) is 9.65. The van der Waals surface area contributed by atoms with Gasteiger partial charge in [0.2, 0.25) is 0 Å². The minimum atomic E-state index is 0.127. The molecular weight excluding hydrogens is 717 g/mol. The van der Waals surface area contributed by atoms with E-state index in [9.17, 15) is 0 Å². The fraction of sp³-hybridized carbons (Fsp3) is 0. The summed E-state index contributed by atoms with van der Waals surface area (Å²) in [7, 11) is 0. The Hall–Kier alpha value is -7.41. The number of aliphatic imine (C=N–C) groups is 2. The lowest BCUT2D eigenvalue weighted by atomic mass is 9.97. The largest absolute Gasteiger partial charge is 0.455 e. The maximum Gasteiger partial charge on any atom is 0.165 e. The van der Waals surface area contributed by atoms with Crippen molar-refractivity contribution >= 4 is 93.1 Å². The van der Waals surface area contributed by atoms with Crippen LogP contribution in [0.25, 0.3) is 80.7 Å². The SMILES string of the molecule is N=C(N=C(N=Cc1ccccc1)c1cccc2c1oc1cccc(-c3cccc4c3sc3ccc(-n5c6ccccc6c6ccccc65)cc34)c12)c1ccccc1. The summed E-state index contributed by atoms with van der Waals surface area (Å²) in [6.07, 6.45) is 1.79. The van der Waals surface area contributed by atoms with Gasteiger partial charge in [-0.2, -0.15) is 0 Å². The van der Waals surface area contributed by atoms with E-state index >= 15 is 0 Å². The molecule has 0 unspecified atom stereocenters. The third-order valence-electron chi connectivity index (χ3n) is 10.8. The van der Waals surface area contributed by atoms with Crippen LogP contribution in [-0.2, 0) is 0 Å². The summed E-state index contributed by atoms with van der Waals surface area (Å²) in [6, 6.07) is 62.7. The highest BCUT2D eigenvalue weighted by molar-refractivity contribution is 7.26. The van der Waals surface area contributed by atoms with Crippen LogP contribution in [0.5, 0.6) is 0 Å². The van der Waals surface area contributed by atoms with Crippen molar-refractivity contribution in [3.8, 4) is 16.8 Å². The van der Waals surface area contributed by atoms with Crippen LogP contribution >= 0.6 is 11.3 Å². The van der Waals surface area contributed by atoms with Crippen molar-refractivity contribution in [2.75, 3.05) is 0 Å². The Bertz CT molecular complexity index is 3370. The molecular formula is C51H32N4OS. The molecule has 0 aliphatic carbocycles. The van der Waals surface area contributed by atoms with Gasteiger partial charge in [0, 0.05) is 64.7 Å². The van der Waals surface area contributed by atoms with Crippen LogP contribution < -0.4 is 0 Å². The molecule has 3 aromatic heterocycles. The van der Waals surface area contributed by atoms with Crippen molar-refractivity contribution in [2.45, 2.75) is 0 Å². The number of thiophene rings is 1. The Balaban J connectivity index is 1.08. The Labute approximate surface area is 331 Å². The zero-order valence-corrected chi connectivity index (χ0v) is 31.4. The van der Waals surface area contributed by atoms with Gasteiger partial charge in [0.25, 0.3) is 0 Å². The molecule has 6 heteroatoms. The Morgan fingerprint density at radius 1 is 0.579 bits per heavy atom. The first-order valence-electron chi connectivity index (χ1n) is 18.9. The second-order valence-electron chi connectivity index (χ2n) is 14.1. The van der Waals surface area contributed by atoms with E-state index in [0.29, 0.717) is 17.0 Å². The number of hydrogen-bond acceptors (Lipinski definition) is 3. The highest BCUT2D eigenvalue weighted by Gasteiger charge is 2.21. The smallest absolute Gasteiger partial charge is 0.165 e. The summed E-state index contributed by atoms with van der Waals surface area (Å²) in [6.45, 7) is 0. The minimum Gasteiger partial charge on any atom is -0.455 e. The lowest BCUT2D eigenvalue weighted by Crippen LogP contribution is -2.05. The molecule has 0 saturated carbocycles. The van der Waals surface area contributed by atoms with Gasteiger partial charge in [0.1, 0.15) is 11.2 Å². The molecule has 0 aliphatic rings. The number of furan rings is 1. The van der Waals surface area contributed by atoms with Crippen molar-refractivity contribution < 1.29 is 4.42 Å². The van der Waals surface area contributed by atoms with Crippen LogP contribution in [0, 0.1) is 5.41 Å².